The van der Waals surface area contributed by atoms with Crippen molar-refractivity contribution in [1.29, 1.82) is 0 Å². The van der Waals surface area contributed by atoms with Crippen LogP contribution in [0.15, 0.2) is 42.5 Å². The third-order valence-electron chi connectivity index (χ3n) is 5.44. The number of hydrogen-bond donors (Lipinski definition) is 1. The van der Waals surface area contributed by atoms with Crippen molar-refractivity contribution < 1.29 is 9.53 Å². The van der Waals surface area contributed by atoms with Crippen molar-refractivity contribution in [2.75, 3.05) is 17.3 Å². The fourth-order valence-corrected chi connectivity index (χ4v) is 3.95. The summed E-state index contributed by atoms with van der Waals surface area (Å²) in [7, 11) is 1.63. The van der Waals surface area contributed by atoms with Crippen molar-refractivity contribution in [3.05, 3.63) is 64.4 Å². The van der Waals surface area contributed by atoms with Gasteiger partial charge in [-0.25, -0.2) is 4.79 Å². The number of aryl methyl sites for hydroxylation is 2. The number of fused-ring (bicyclic) bond motifs is 1. The lowest BCUT2D eigenvalue weighted by molar-refractivity contribution is 0.256. The molecule has 31 heavy (non-hydrogen) atoms. The van der Waals surface area contributed by atoms with Gasteiger partial charge in [-0.1, -0.05) is 35.7 Å². The number of aromatic nitrogens is 3. The van der Waals surface area contributed by atoms with E-state index in [1.54, 1.807) is 36.3 Å². The summed E-state index contributed by atoms with van der Waals surface area (Å²) >= 11 is 5.98. The predicted molar refractivity (Wildman–Crippen MR) is 122 cm³/mol. The van der Waals surface area contributed by atoms with Gasteiger partial charge < -0.3 is 10.1 Å². The fraction of sp³-hybridized carbons (Fsp3) is 0.348. The highest BCUT2D eigenvalue weighted by atomic mass is 35.5. The Balaban J connectivity index is 1.70. The number of benzene rings is 2. The van der Waals surface area contributed by atoms with E-state index in [1.165, 1.54) is 0 Å². The van der Waals surface area contributed by atoms with Gasteiger partial charge in [-0.15, -0.1) is 10.2 Å². The maximum atomic E-state index is 13.4. The largest absolute Gasteiger partial charge is 0.496 e. The average Bonchev–Trinajstić information content (AvgIpc) is 3.00. The molecule has 162 valence electrons. The zero-order valence-corrected chi connectivity index (χ0v) is 18.5. The summed E-state index contributed by atoms with van der Waals surface area (Å²) in [6, 6.07) is 12.7. The average molecular weight is 440 g/mol. The summed E-state index contributed by atoms with van der Waals surface area (Å²) in [6.45, 7) is 3.12. The van der Waals surface area contributed by atoms with Crippen molar-refractivity contribution >= 4 is 29.3 Å². The number of hydrogen-bond acceptors (Lipinski definition) is 4. The Bertz CT molecular complexity index is 1060. The zero-order chi connectivity index (χ0) is 21.8. The molecule has 0 saturated carbocycles. The highest BCUT2D eigenvalue weighted by Crippen LogP contribution is 2.27. The van der Waals surface area contributed by atoms with Crippen LogP contribution in [0.5, 0.6) is 5.75 Å². The zero-order valence-electron chi connectivity index (χ0n) is 17.8. The monoisotopic (exact) mass is 439 g/mol. The maximum Gasteiger partial charge on any atom is 0.329 e. The first-order valence-electron chi connectivity index (χ1n) is 10.4. The van der Waals surface area contributed by atoms with Gasteiger partial charge in [-0.2, -0.15) is 0 Å². The second-order valence-corrected chi connectivity index (χ2v) is 8.15. The summed E-state index contributed by atoms with van der Waals surface area (Å²) < 4.78 is 7.61. The Labute approximate surface area is 187 Å². The van der Waals surface area contributed by atoms with E-state index in [9.17, 15) is 4.79 Å². The van der Waals surface area contributed by atoms with Crippen molar-refractivity contribution in [3.63, 3.8) is 0 Å². The normalized spacial score (nSPS) is 13.3. The van der Waals surface area contributed by atoms with Gasteiger partial charge in [0.25, 0.3) is 0 Å². The van der Waals surface area contributed by atoms with Crippen LogP contribution in [0.4, 0.5) is 16.4 Å². The maximum absolute atomic E-state index is 13.4. The number of ether oxygens (including phenoxy) is 1. The Hall–Kier alpha value is -3.06. The number of carbonyl (C=O) groups is 1. The molecule has 1 N–H and O–H groups in total. The van der Waals surface area contributed by atoms with Crippen LogP contribution in [0.2, 0.25) is 5.02 Å². The molecule has 2 amide bonds. The molecule has 1 aromatic heterocycles. The van der Waals surface area contributed by atoms with E-state index in [4.69, 9.17) is 16.3 Å². The number of carbonyl (C=O) groups excluding carboxylic acids is 1. The fourth-order valence-electron chi connectivity index (χ4n) is 3.83. The van der Waals surface area contributed by atoms with Crippen LogP contribution in [0.25, 0.3) is 0 Å². The third-order valence-corrected chi connectivity index (χ3v) is 5.69. The molecule has 0 atom stereocenters. The minimum atomic E-state index is -0.287. The molecule has 0 aliphatic carbocycles. The number of nitrogens with one attached hydrogen (secondary N) is 1. The van der Waals surface area contributed by atoms with E-state index in [0.29, 0.717) is 23.2 Å². The molecule has 0 spiro atoms. The molecule has 1 aliphatic rings. The summed E-state index contributed by atoms with van der Waals surface area (Å²) in [5.74, 6) is 2.20. The number of anilines is 2. The van der Waals surface area contributed by atoms with E-state index in [1.807, 2.05) is 25.1 Å². The van der Waals surface area contributed by atoms with Crippen molar-refractivity contribution in [2.24, 2.45) is 0 Å². The van der Waals surface area contributed by atoms with E-state index < -0.39 is 0 Å². The molecule has 0 bridgehead atoms. The SMILES string of the molecule is COc1ccc(C)cc1CN(C(=O)Nc1ccc(Cl)cc1)c1nnc2n1CCCCC2. The van der Waals surface area contributed by atoms with E-state index in [-0.39, 0.29) is 6.03 Å². The van der Waals surface area contributed by atoms with E-state index in [0.717, 1.165) is 54.9 Å². The van der Waals surface area contributed by atoms with Gasteiger partial charge in [0, 0.05) is 29.2 Å². The highest BCUT2D eigenvalue weighted by Gasteiger charge is 2.26. The third kappa shape index (κ3) is 4.82. The van der Waals surface area contributed by atoms with Crippen LogP contribution in [-0.4, -0.2) is 27.9 Å². The molecule has 2 aromatic carbocycles. The molecule has 0 fully saturated rings. The molecule has 2 heterocycles. The number of rotatable bonds is 5. The predicted octanol–water partition coefficient (Wildman–Crippen LogP) is 5.21. The van der Waals surface area contributed by atoms with Gasteiger partial charge in [0.15, 0.2) is 0 Å². The highest BCUT2D eigenvalue weighted by molar-refractivity contribution is 6.30. The first kappa shape index (κ1) is 21.2. The number of urea groups is 1. The van der Waals surface area contributed by atoms with E-state index in [2.05, 4.69) is 20.1 Å². The lowest BCUT2D eigenvalue weighted by Crippen LogP contribution is -2.36. The van der Waals surface area contributed by atoms with Crippen LogP contribution in [0.1, 0.15) is 36.2 Å². The first-order chi connectivity index (χ1) is 15.0. The molecular weight excluding hydrogens is 414 g/mol. The molecule has 1 aliphatic heterocycles. The van der Waals surface area contributed by atoms with Gasteiger partial charge in [0.05, 0.1) is 13.7 Å². The molecule has 0 unspecified atom stereocenters. The summed E-state index contributed by atoms with van der Waals surface area (Å²) in [5.41, 5.74) is 2.65. The Morgan fingerprint density at radius 1 is 1.16 bits per heavy atom. The lowest BCUT2D eigenvalue weighted by Gasteiger charge is -2.24. The molecule has 0 radical (unpaired) electrons. The summed E-state index contributed by atoms with van der Waals surface area (Å²) in [5, 5.41) is 12.4. The quantitative estimate of drug-likeness (QED) is 0.592. The molecule has 3 aromatic rings. The smallest absolute Gasteiger partial charge is 0.329 e. The number of methoxy groups -OCH3 is 1. The van der Waals surface area contributed by atoms with Crippen LogP contribution in [0.3, 0.4) is 0 Å². The number of halogens is 1. The van der Waals surface area contributed by atoms with E-state index >= 15 is 0 Å². The number of amides is 2. The Morgan fingerprint density at radius 3 is 2.74 bits per heavy atom. The standard InChI is InChI=1S/C23H26ClN5O2/c1-16-7-12-20(31-2)17(14-16)15-29(23(30)25-19-10-8-18(24)9-11-19)22-27-26-21-6-4-3-5-13-28(21)22/h7-12,14H,3-6,13,15H2,1-2H3,(H,25,30). The first-order valence-corrected chi connectivity index (χ1v) is 10.8. The summed E-state index contributed by atoms with van der Waals surface area (Å²) in [6.07, 6.45) is 4.14. The topological polar surface area (TPSA) is 72.3 Å². The van der Waals surface area contributed by atoms with Gasteiger partial charge in [0.2, 0.25) is 5.95 Å². The summed E-state index contributed by atoms with van der Waals surface area (Å²) in [4.78, 5) is 15.0. The number of nitrogens with zero attached hydrogens (tertiary/aromatic N) is 4. The van der Waals surface area contributed by atoms with Crippen molar-refractivity contribution in [2.45, 2.75) is 45.7 Å². The van der Waals surface area contributed by atoms with Crippen LogP contribution in [0, 0.1) is 6.92 Å². The van der Waals surface area contributed by atoms with Crippen molar-refractivity contribution in [1.82, 2.24) is 14.8 Å². The van der Waals surface area contributed by atoms with Gasteiger partial charge >= 0.3 is 6.03 Å². The molecule has 8 heteroatoms. The van der Waals surface area contributed by atoms with Gasteiger partial charge in [-0.05, 0) is 50.1 Å². The van der Waals surface area contributed by atoms with Gasteiger partial charge in [0.1, 0.15) is 11.6 Å². The molecule has 4 rings (SSSR count). The van der Waals surface area contributed by atoms with Crippen LogP contribution >= 0.6 is 11.6 Å². The Morgan fingerprint density at radius 2 is 1.97 bits per heavy atom. The minimum absolute atomic E-state index is 0.287. The van der Waals surface area contributed by atoms with Crippen LogP contribution < -0.4 is 15.0 Å². The molecule has 0 saturated heterocycles. The van der Waals surface area contributed by atoms with Gasteiger partial charge in [-0.3, -0.25) is 9.47 Å². The van der Waals surface area contributed by atoms with Crippen LogP contribution in [-0.2, 0) is 19.5 Å². The second kappa shape index (κ2) is 9.39. The lowest BCUT2D eigenvalue weighted by atomic mass is 10.1. The minimum Gasteiger partial charge on any atom is -0.496 e. The molecular formula is C23H26ClN5O2. The Kier molecular flexibility index (Phi) is 6.42. The molecule has 7 nitrogen and oxygen atoms in total. The second-order valence-electron chi connectivity index (χ2n) is 7.72. The van der Waals surface area contributed by atoms with Crippen molar-refractivity contribution in [3.8, 4) is 5.75 Å².